The first-order valence-electron chi connectivity index (χ1n) is 4.94. The summed E-state index contributed by atoms with van der Waals surface area (Å²) in [6.45, 7) is 3.06. The first kappa shape index (κ1) is 9.22. The fourth-order valence-electron chi connectivity index (χ4n) is 1.81. The van der Waals surface area contributed by atoms with Crippen LogP contribution in [0.3, 0.4) is 0 Å². The molecule has 0 aliphatic rings. The molecule has 1 nitrogen and oxygen atoms in total. The average Bonchev–Trinajstić information content (AvgIpc) is 2.18. The highest BCUT2D eigenvalue weighted by molar-refractivity contribution is 5.86. The molecule has 0 saturated heterocycles. The third kappa shape index (κ3) is 1.64. The lowest BCUT2D eigenvalue weighted by molar-refractivity contribution is 0.824. The molecule has 1 N–H and O–H groups in total. The van der Waals surface area contributed by atoms with Crippen LogP contribution in [0.4, 0.5) is 0 Å². The van der Waals surface area contributed by atoms with Crippen LogP contribution in [-0.2, 0) is 6.54 Å². The molecule has 2 rings (SSSR count). The van der Waals surface area contributed by atoms with E-state index in [0.29, 0.717) is 0 Å². The van der Waals surface area contributed by atoms with Gasteiger partial charge in [-0.05, 0) is 30.3 Å². The summed E-state index contributed by atoms with van der Waals surface area (Å²) in [5.41, 5.74) is 2.68. The van der Waals surface area contributed by atoms with Crippen LogP contribution < -0.4 is 5.32 Å². The molecule has 0 spiro atoms. The number of hydrogen-bond acceptors (Lipinski definition) is 1. The van der Waals surface area contributed by atoms with E-state index in [1.54, 1.807) is 0 Å². The van der Waals surface area contributed by atoms with Gasteiger partial charge in [0.1, 0.15) is 0 Å². The summed E-state index contributed by atoms with van der Waals surface area (Å²) in [5.74, 6) is 0. The fraction of sp³-hybridized carbons (Fsp3) is 0.231. The Bertz CT molecular complexity index is 446. The van der Waals surface area contributed by atoms with Gasteiger partial charge in [-0.25, -0.2) is 0 Å². The highest BCUT2D eigenvalue weighted by Gasteiger charge is 1.98. The molecule has 0 amide bonds. The van der Waals surface area contributed by atoms with Crippen molar-refractivity contribution in [1.82, 2.24) is 5.32 Å². The number of benzene rings is 2. The lowest BCUT2D eigenvalue weighted by Gasteiger charge is -2.06. The summed E-state index contributed by atoms with van der Waals surface area (Å²) in [4.78, 5) is 0. The second-order valence-corrected chi connectivity index (χ2v) is 3.67. The maximum atomic E-state index is 3.19. The van der Waals surface area contributed by atoms with Crippen LogP contribution in [0.15, 0.2) is 36.4 Å². The van der Waals surface area contributed by atoms with Crippen LogP contribution in [-0.4, -0.2) is 7.05 Å². The highest BCUT2D eigenvalue weighted by Crippen LogP contribution is 2.19. The van der Waals surface area contributed by atoms with E-state index in [1.807, 2.05) is 7.05 Å². The van der Waals surface area contributed by atoms with Gasteiger partial charge >= 0.3 is 0 Å². The van der Waals surface area contributed by atoms with Crippen molar-refractivity contribution >= 4 is 10.8 Å². The van der Waals surface area contributed by atoms with E-state index in [0.717, 1.165) is 6.54 Å². The van der Waals surface area contributed by atoms with Gasteiger partial charge in [-0.15, -0.1) is 0 Å². The molecule has 1 heteroatoms. The monoisotopic (exact) mass is 185 g/mol. The van der Waals surface area contributed by atoms with Gasteiger partial charge in [-0.1, -0.05) is 42.0 Å². The molecule has 0 aromatic heterocycles. The van der Waals surface area contributed by atoms with Crippen LogP contribution in [0, 0.1) is 6.92 Å². The molecule has 0 aliphatic heterocycles. The van der Waals surface area contributed by atoms with Gasteiger partial charge in [0.15, 0.2) is 0 Å². The largest absolute Gasteiger partial charge is 0.316 e. The van der Waals surface area contributed by atoms with Crippen molar-refractivity contribution in [1.29, 1.82) is 0 Å². The second kappa shape index (κ2) is 3.81. The lowest BCUT2D eigenvalue weighted by Crippen LogP contribution is -2.05. The molecule has 2 aromatic rings. The number of hydrogen-bond donors (Lipinski definition) is 1. The van der Waals surface area contributed by atoms with Gasteiger partial charge in [0.2, 0.25) is 0 Å². The van der Waals surface area contributed by atoms with Gasteiger partial charge in [-0.2, -0.15) is 0 Å². The van der Waals surface area contributed by atoms with E-state index in [-0.39, 0.29) is 0 Å². The van der Waals surface area contributed by atoms with Crippen molar-refractivity contribution in [2.75, 3.05) is 7.05 Å². The summed E-state index contributed by atoms with van der Waals surface area (Å²) in [6, 6.07) is 13.1. The Kier molecular flexibility index (Phi) is 2.51. The molecule has 72 valence electrons. The Morgan fingerprint density at radius 2 is 2.00 bits per heavy atom. The van der Waals surface area contributed by atoms with Crippen molar-refractivity contribution in [3.8, 4) is 0 Å². The molecule has 0 saturated carbocycles. The van der Waals surface area contributed by atoms with Gasteiger partial charge < -0.3 is 5.32 Å². The van der Waals surface area contributed by atoms with Crippen LogP contribution in [0.2, 0.25) is 0 Å². The first-order chi connectivity index (χ1) is 6.81. The Morgan fingerprint density at radius 3 is 2.79 bits per heavy atom. The minimum Gasteiger partial charge on any atom is -0.316 e. The predicted octanol–water partition coefficient (Wildman–Crippen LogP) is 2.87. The molecule has 0 aliphatic carbocycles. The highest BCUT2D eigenvalue weighted by atomic mass is 14.8. The van der Waals surface area contributed by atoms with E-state index in [2.05, 4.69) is 48.6 Å². The van der Waals surface area contributed by atoms with Crippen LogP contribution >= 0.6 is 0 Å². The Hall–Kier alpha value is -1.34. The molecule has 0 bridgehead atoms. The van der Waals surface area contributed by atoms with Crippen molar-refractivity contribution in [2.45, 2.75) is 13.5 Å². The summed E-state index contributed by atoms with van der Waals surface area (Å²) in [7, 11) is 1.98. The Balaban J connectivity index is 2.62. The second-order valence-electron chi connectivity index (χ2n) is 3.67. The number of aryl methyl sites for hydroxylation is 1. The fourth-order valence-corrected chi connectivity index (χ4v) is 1.81. The SMILES string of the molecule is CNCc1cccc2cc(C)ccc12. The van der Waals surface area contributed by atoms with E-state index < -0.39 is 0 Å². The van der Waals surface area contributed by atoms with Gasteiger partial charge in [0.05, 0.1) is 0 Å². The quantitative estimate of drug-likeness (QED) is 0.758. The van der Waals surface area contributed by atoms with E-state index in [9.17, 15) is 0 Å². The Morgan fingerprint density at radius 1 is 1.14 bits per heavy atom. The number of fused-ring (bicyclic) bond motifs is 1. The Labute approximate surface area is 84.8 Å². The lowest BCUT2D eigenvalue weighted by atomic mass is 10.0. The van der Waals surface area contributed by atoms with Gasteiger partial charge in [0.25, 0.3) is 0 Å². The standard InChI is InChI=1S/C13H15N/c1-10-6-7-13-11(8-10)4-3-5-12(13)9-14-2/h3-8,14H,9H2,1-2H3. The zero-order chi connectivity index (χ0) is 9.97. The van der Waals surface area contributed by atoms with E-state index in [4.69, 9.17) is 0 Å². The molecule has 2 aromatic carbocycles. The third-order valence-corrected chi connectivity index (χ3v) is 2.49. The predicted molar refractivity (Wildman–Crippen MR) is 61.4 cm³/mol. The van der Waals surface area contributed by atoms with Gasteiger partial charge in [0, 0.05) is 6.54 Å². The van der Waals surface area contributed by atoms with E-state index in [1.165, 1.54) is 21.9 Å². The molecule has 0 radical (unpaired) electrons. The summed E-state index contributed by atoms with van der Waals surface area (Å²) < 4.78 is 0. The molecule has 0 heterocycles. The van der Waals surface area contributed by atoms with Crippen molar-refractivity contribution in [2.24, 2.45) is 0 Å². The molecule has 0 unspecified atom stereocenters. The van der Waals surface area contributed by atoms with Crippen LogP contribution in [0.1, 0.15) is 11.1 Å². The molecular formula is C13H15N. The van der Waals surface area contributed by atoms with E-state index >= 15 is 0 Å². The van der Waals surface area contributed by atoms with Crippen molar-refractivity contribution in [3.05, 3.63) is 47.5 Å². The van der Waals surface area contributed by atoms with Gasteiger partial charge in [-0.3, -0.25) is 0 Å². The zero-order valence-electron chi connectivity index (χ0n) is 8.67. The molecule has 0 atom stereocenters. The van der Waals surface area contributed by atoms with Crippen LogP contribution in [0.25, 0.3) is 10.8 Å². The summed E-state index contributed by atoms with van der Waals surface area (Å²) >= 11 is 0. The molecule has 14 heavy (non-hydrogen) atoms. The summed E-state index contributed by atoms with van der Waals surface area (Å²) in [5, 5.41) is 5.88. The normalized spacial score (nSPS) is 10.7. The minimum absolute atomic E-state index is 0.931. The summed E-state index contributed by atoms with van der Waals surface area (Å²) in [6.07, 6.45) is 0. The maximum Gasteiger partial charge on any atom is 0.0208 e. The third-order valence-electron chi connectivity index (χ3n) is 2.49. The number of rotatable bonds is 2. The molecule has 0 fully saturated rings. The minimum atomic E-state index is 0.931. The first-order valence-corrected chi connectivity index (χ1v) is 4.94. The maximum absolute atomic E-state index is 3.19. The smallest absolute Gasteiger partial charge is 0.0208 e. The topological polar surface area (TPSA) is 12.0 Å². The van der Waals surface area contributed by atoms with Crippen molar-refractivity contribution in [3.63, 3.8) is 0 Å². The molecular weight excluding hydrogens is 170 g/mol. The van der Waals surface area contributed by atoms with Crippen molar-refractivity contribution < 1.29 is 0 Å². The number of nitrogens with one attached hydrogen (secondary N) is 1. The zero-order valence-corrected chi connectivity index (χ0v) is 8.67. The average molecular weight is 185 g/mol. The van der Waals surface area contributed by atoms with Crippen LogP contribution in [0.5, 0.6) is 0 Å².